The molecule has 2 N–H and O–H groups in total. The van der Waals surface area contributed by atoms with Crippen LogP contribution in [0.25, 0.3) is 0 Å². The van der Waals surface area contributed by atoms with Crippen molar-refractivity contribution >= 4 is 0 Å². The molecule has 0 heterocycles. The van der Waals surface area contributed by atoms with E-state index < -0.39 is 6.10 Å². The lowest BCUT2D eigenvalue weighted by atomic mass is 9.93. The first-order valence-corrected chi connectivity index (χ1v) is 8.29. The molecule has 1 rings (SSSR count). The summed E-state index contributed by atoms with van der Waals surface area (Å²) in [5.74, 6) is 0. The third-order valence-electron chi connectivity index (χ3n) is 3.86. The Labute approximate surface area is 129 Å². The van der Waals surface area contributed by atoms with Crippen LogP contribution in [0.5, 0.6) is 0 Å². The van der Waals surface area contributed by atoms with Crippen molar-refractivity contribution in [1.82, 2.24) is 5.32 Å². The third kappa shape index (κ3) is 8.73. The highest BCUT2D eigenvalue weighted by atomic mass is 16.5. The van der Waals surface area contributed by atoms with E-state index in [9.17, 15) is 5.11 Å². The summed E-state index contributed by atoms with van der Waals surface area (Å²) in [5.41, 5.74) is 0. The van der Waals surface area contributed by atoms with Gasteiger partial charge in [0, 0.05) is 13.2 Å². The maximum Gasteiger partial charge on any atom is 0.101 e. The van der Waals surface area contributed by atoms with Crippen LogP contribution in [-0.2, 0) is 14.2 Å². The van der Waals surface area contributed by atoms with E-state index in [0.717, 1.165) is 19.4 Å². The minimum absolute atomic E-state index is 0.00438. The second-order valence-electron chi connectivity index (χ2n) is 6.01. The van der Waals surface area contributed by atoms with Gasteiger partial charge in [-0.1, -0.05) is 6.92 Å². The molecule has 1 fully saturated rings. The summed E-state index contributed by atoms with van der Waals surface area (Å²) in [7, 11) is 1.64. The van der Waals surface area contributed by atoms with Gasteiger partial charge >= 0.3 is 0 Å². The standard InChI is InChI=1S/C16H33NO4/c1-4-9-17-14-5-7-16(8-6-14)21-12-15(18)11-20-13(2)10-19-3/h13-18H,4-12H2,1-3H3. The Morgan fingerprint density at radius 3 is 2.48 bits per heavy atom. The number of aliphatic hydroxyl groups is 1. The number of nitrogens with one attached hydrogen (secondary N) is 1. The number of rotatable bonds is 11. The van der Waals surface area contributed by atoms with Gasteiger partial charge in [0.1, 0.15) is 6.10 Å². The second kappa shape index (κ2) is 11.4. The van der Waals surface area contributed by atoms with E-state index in [2.05, 4.69) is 12.2 Å². The lowest BCUT2D eigenvalue weighted by molar-refractivity contribution is -0.0759. The van der Waals surface area contributed by atoms with Crippen molar-refractivity contribution in [1.29, 1.82) is 0 Å². The van der Waals surface area contributed by atoms with Gasteiger partial charge in [-0.3, -0.25) is 0 Å². The monoisotopic (exact) mass is 303 g/mol. The molecule has 0 spiro atoms. The topological polar surface area (TPSA) is 60.0 Å². The molecule has 0 aliphatic heterocycles. The van der Waals surface area contributed by atoms with Crippen LogP contribution >= 0.6 is 0 Å². The van der Waals surface area contributed by atoms with Gasteiger partial charge in [0.25, 0.3) is 0 Å². The van der Waals surface area contributed by atoms with Crippen LogP contribution in [0.1, 0.15) is 46.0 Å². The Morgan fingerprint density at radius 1 is 1.14 bits per heavy atom. The SMILES string of the molecule is CCCNC1CCC(OCC(O)COC(C)COC)CC1. The summed E-state index contributed by atoms with van der Waals surface area (Å²) in [6.45, 7) is 6.43. The Bertz CT molecular complexity index is 244. The molecule has 2 atom stereocenters. The molecule has 1 aliphatic rings. The first kappa shape index (κ1) is 18.8. The lowest BCUT2D eigenvalue weighted by Crippen LogP contribution is -2.37. The fourth-order valence-corrected chi connectivity index (χ4v) is 2.64. The zero-order chi connectivity index (χ0) is 15.5. The Hall–Kier alpha value is -0.200. The number of hydrogen-bond acceptors (Lipinski definition) is 5. The van der Waals surface area contributed by atoms with Gasteiger partial charge in [-0.2, -0.15) is 0 Å². The van der Waals surface area contributed by atoms with Gasteiger partial charge < -0.3 is 24.6 Å². The molecule has 5 nitrogen and oxygen atoms in total. The maximum absolute atomic E-state index is 9.86. The minimum Gasteiger partial charge on any atom is -0.388 e. The molecule has 2 unspecified atom stereocenters. The van der Waals surface area contributed by atoms with Crippen molar-refractivity contribution in [3.8, 4) is 0 Å². The molecule has 21 heavy (non-hydrogen) atoms. The summed E-state index contributed by atoms with van der Waals surface area (Å²) in [5, 5.41) is 13.4. The van der Waals surface area contributed by atoms with E-state index in [1.54, 1.807) is 7.11 Å². The predicted molar refractivity (Wildman–Crippen MR) is 83.6 cm³/mol. The van der Waals surface area contributed by atoms with E-state index in [-0.39, 0.29) is 12.2 Å². The highest BCUT2D eigenvalue weighted by Gasteiger charge is 2.21. The zero-order valence-electron chi connectivity index (χ0n) is 13.8. The molecule has 1 saturated carbocycles. The average Bonchev–Trinajstić information content (AvgIpc) is 2.50. The second-order valence-corrected chi connectivity index (χ2v) is 6.01. The fraction of sp³-hybridized carbons (Fsp3) is 1.00. The van der Waals surface area contributed by atoms with Gasteiger partial charge in [0.2, 0.25) is 0 Å². The normalized spacial score (nSPS) is 25.7. The van der Waals surface area contributed by atoms with Crippen molar-refractivity contribution < 1.29 is 19.3 Å². The largest absolute Gasteiger partial charge is 0.388 e. The summed E-state index contributed by atoms with van der Waals surface area (Å²) < 4.78 is 16.3. The predicted octanol–water partition coefficient (Wildman–Crippen LogP) is 1.73. The molecule has 0 radical (unpaired) electrons. The molecule has 0 aromatic rings. The van der Waals surface area contributed by atoms with Gasteiger partial charge in [-0.25, -0.2) is 0 Å². The average molecular weight is 303 g/mol. The van der Waals surface area contributed by atoms with Crippen LogP contribution in [0.4, 0.5) is 0 Å². The molecule has 0 saturated heterocycles. The molecular weight excluding hydrogens is 270 g/mol. The summed E-state index contributed by atoms with van der Waals surface area (Å²) in [6.07, 6.45) is 5.42. The third-order valence-corrected chi connectivity index (χ3v) is 3.86. The van der Waals surface area contributed by atoms with E-state index in [4.69, 9.17) is 14.2 Å². The lowest BCUT2D eigenvalue weighted by Gasteiger charge is -2.29. The Morgan fingerprint density at radius 2 is 1.86 bits per heavy atom. The first-order valence-electron chi connectivity index (χ1n) is 8.29. The van der Waals surface area contributed by atoms with Gasteiger partial charge in [-0.15, -0.1) is 0 Å². The number of methoxy groups -OCH3 is 1. The molecular formula is C16H33NO4. The van der Waals surface area contributed by atoms with Gasteiger partial charge in [0.15, 0.2) is 0 Å². The number of aliphatic hydroxyl groups excluding tert-OH is 1. The van der Waals surface area contributed by atoms with Crippen LogP contribution in [0.3, 0.4) is 0 Å². The van der Waals surface area contributed by atoms with Crippen molar-refractivity contribution in [2.75, 3.05) is 33.5 Å². The van der Waals surface area contributed by atoms with Crippen molar-refractivity contribution in [3.05, 3.63) is 0 Å². The van der Waals surface area contributed by atoms with Crippen molar-refractivity contribution in [3.63, 3.8) is 0 Å². The Balaban J connectivity index is 2.05. The maximum atomic E-state index is 9.86. The van der Waals surface area contributed by atoms with Gasteiger partial charge in [0.05, 0.1) is 32.0 Å². The summed E-state index contributed by atoms with van der Waals surface area (Å²) >= 11 is 0. The highest BCUT2D eigenvalue weighted by Crippen LogP contribution is 2.21. The molecule has 1 aliphatic carbocycles. The zero-order valence-corrected chi connectivity index (χ0v) is 13.8. The molecule has 0 aromatic carbocycles. The summed E-state index contributed by atoms with van der Waals surface area (Å²) in [6, 6.07) is 0.646. The number of ether oxygens (including phenoxy) is 3. The molecule has 5 heteroatoms. The minimum atomic E-state index is -0.555. The van der Waals surface area contributed by atoms with Crippen LogP contribution in [-0.4, -0.2) is 62.9 Å². The number of hydrogen-bond donors (Lipinski definition) is 2. The summed E-state index contributed by atoms with van der Waals surface area (Å²) in [4.78, 5) is 0. The Kier molecular flexibility index (Phi) is 10.2. The van der Waals surface area contributed by atoms with Crippen LogP contribution < -0.4 is 5.32 Å². The van der Waals surface area contributed by atoms with E-state index in [1.165, 1.54) is 19.3 Å². The van der Waals surface area contributed by atoms with E-state index in [0.29, 0.717) is 25.9 Å². The quantitative estimate of drug-likeness (QED) is 0.609. The van der Waals surface area contributed by atoms with Crippen molar-refractivity contribution in [2.24, 2.45) is 0 Å². The van der Waals surface area contributed by atoms with Crippen LogP contribution in [0.2, 0.25) is 0 Å². The molecule has 0 amide bonds. The van der Waals surface area contributed by atoms with E-state index >= 15 is 0 Å². The molecule has 126 valence electrons. The first-order chi connectivity index (χ1) is 10.2. The van der Waals surface area contributed by atoms with Crippen LogP contribution in [0, 0.1) is 0 Å². The van der Waals surface area contributed by atoms with E-state index in [1.807, 2.05) is 6.92 Å². The smallest absolute Gasteiger partial charge is 0.101 e. The van der Waals surface area contributed by atoms with Crippen LogP contribution in [0.15, 0.2) is 0 Å². The molecule has 0 aromatic heterocycles. The fourth-order valence-electron chi connectivity index (χ4n) is 2.64. The molecule has 0 bridgehead atoms. The van der Waals surface area contributed by atoms with Crippen molar-refractivity contribution in [2.45, 2.75) is 70.3 Å². The van der Waals surface area contributed by atoms with Gasteiger partial charge in [-0.05, 0) is 45.6 Å². The highest BCUT2D eigenvalue weighted by molar-refractivity contribution is 4.77.